The summed E-state index contributed by atoms with van der Waals surface area (Å²) < 4.78 is 0. The lowest BCUT2D eigenvalue weighted by molar-refractivity contribution is -0.145. The molecule has 1 saturated heterocycles. The smallest absolute Gasteiger partial charge is 0.318 e. The second-order valence-corrected chi connectivity index (χ2v) is 9.57. The Labute approximate surface area is 191 Å². The van der Waals surface area contributed by atoms with Gasteiger partial charge in [-0.2, -0.15) is 0 Å². The highest BCUT2D eigenvalue weighted by Crippen LogP contribution is 2.27. The van der Waals surface area contributed by atoms with Crippen molar-refractivity contribution in [2.75, 3.05) is 13.6 Å². The average Bonchev–Trinajstić information content (AvgIpc) is 2.78. The fourth-order valence-electron chi connectivity index (χ4n) is 4.91. The third-order valence-electron chi connectivity index (χ3n) is 6.54. The SMILES string of the molecule is CNC(=O)C[C@H]1CN(Cc2ccccc2)C(=O)[C@H](CC(C)C)N1C(=O)NC1CCCCC1. The van der Waals surface area contributed by atoms with Crippen molar-refractivity contribution in [1.29, 1.82) is 0 Å². The van der Waals surface area contributed by atoms with Gasteiger partial charge in [0.25, 0.3) is 0 Å². The second kappa shape index (κ2) is 11.3. The highest BCUT2D eigenvalue weighted by Gasteiger charge is 2.44. The maximum absolute atomic E-state index is 13.6. The van der Waals surface area contributed by atoms with E-state index >= 15 is 0 Å². The third kappa shape index (κ3) is 6.24. The zero-order valence-corrected chi connectivity index (χ0v) is 19.7. The predicted molar refractivity (Wildman–Crippen MR) is 125 cm³/mol. The molecule has 1 aromatic carbocycles. The van der Waals surface area contributed by atoms with Gasteiger partial charge >= 0.3 is 6.03 Å². The summed E-state index contributed by atoms with van der Waals surface area (Å²) in [6.45, 7) is 4.97. The summed E-state index contributed by atoms with van der Waals surface area (Å²) in [6, 6.07) is 8.89. The quantitative estimate of drug-likeness (QED) is 0.680. The lowest BCUT2D eigenvalue weighted by atomic mass is 9.94. The molecule has 7 heteroatoms. The van der Waals surface area contributed by atoms with Crippen LogP contribution in [0.25, 0.3) is 0 Å². The molecule has 2 fully saturated rings. The molecule has 1 heterocycles. The third-order valence-corrected chi connectivity index (χ3v) is 6.54. The lowest BCUT2D eigenvalue weighted by Crippen LogP contribution is -2.66. The van der Waals surface area contributed by atoms with Crippen LogP contribution in [0.4, 0.5) is 4.79 Å². The van der Waals surface area contributed by atoms with E-state index in [-0.39, 0.29) is 42.3 Å². The second-order valence-electron chi connectivity index (χ2n) is 9.57. The summed E-state index contributed by atoms with van der Waals surface area (Å²) in [5.74, 6) is 0.0866. The summed E-state index contributed by atoms with van der Waals surface area (Å²) in [5.41, 5.74) is 1.04. The lowest BCUT2D eigenvalue weighted by Gasteiger charge is -2.47. The molecule has 32 heavy (non-hydrogen) atoms. The van der Waals surface area contributed by atoms with Crippen LogP contribution < -0.4 is 10.6 Å². The van der Waals surface area contributed by atoms with Crippen molar-refractivity contribution in [2.45, 2.75) is 83.5 Å². The van der Waals surface area contributed by atoms with Crippen LogP contribution in [0.5, 0.6) is 0 Å². The predicted octanol–water partition coefficient (Wildman–Crippen LogP) is 3.29. The fraction of sp³-hybridized carbons (Fsp3) is 0.640. The normalized spacial score (nSPS) is 22.2. The Hall–Kier alpha value is -2.57. The van der Waals surface area contributed by atoms with Crippen molar-refractivity contribution in [3.8, 4) is 0 Å². The van der Waals surface area contributed by atoms with Gasteiger partial charge in [0.05, 0.1) is 6.04 Å². The highest BCUT2D eigenvalue weighted by molar-refractivity contribution is 5.89. The van der Waals surface area contributed by atoms with Gasteiger partial charge in [-0.15, -0.1) is 0 Å². The van der Waals surface area contributed by atoms with E-state index in [0.29, 0.717) is 19.5 Å². The summed E-state index contributed by atoms with van der Waals surface area (Å²) in [7, 11) is 1.61. The topological polar surface area (TPSA) is 81.8 Å². The standard InChI is InChI=1S/C25H38N4O3/c1-18(2)14-22-24(31)28(16-19-10-6-4-7-11-19)17-21(15-23(30)26-3)29(22)25(32)27-20-12-8-5-9-13-20/h4,6-7,10-11,18,20-22H,5,8-9,12-17H2,1-3H3,(H,26,30)(H,27,32)/t21-,22-/m0/s1. The molecule has 0 spiro atoms. The fourth-order valence-corrected chi connectivity index (χ4v) is 4.91. The van der Waals surface area contributed by atoms with Crippen LogP contribution in [0.2, 0.25) is 0 Å². The van der Waals surface area contributed by atoms with Crippen LogP contribution in [0.3, 0.4) is 0 Å². The van der Waals surface area contributed by atoms with E-state index in [1.807, 2.05) is 35.2 Å². The Kier molecular flexibility index (Phi) is 8.53. The average molecular weight is 443 g/mol. The molecule has 0 aromatic heterocycles. The molecule has 2 aliphatic rings. The van der Waals surface area contributed by atoms with E-state index in [9.17, 15) is 14.4 Å². The van der Waals surface area contributed by atoms with E-state index in [1.165, 1.54) is 6.42 Å². The van der Waals surface area contributed by atoms with Gasteiger partial charge in [-0.3, -0.25) is 9.59 Å². The van der Waals surface area contributed by atoms with Crippen molar-refractivity contribution < 1.29 is 14.4 Å². The first-order valence-corrected chi connectivity index (χ1v) is 12.0. The maximum Gasteiger partial charge on any atom is 0.318 e. The van der Waals surface area contributed by atoms with Crippen molar-refractivity contribution >= 4 is 17.8 Å². The molecule has 7 nitrogen and oxygen atoms in total. The first-order chi connectivity index (χ1) is 15.4. The largest absolute Gasteiger partial charge is 0.359 e. The van der Waals surface area contributed by atoms with E-state index < -0.39 is 6.04 Å². The Morgan fingerprint density at radius 1 is 1.09 bits per heavy atom. The van der Waals surface area contributed by atoms with Crippen LogP contribution in [0, 0.1) is 5.92 Å². The number of rotatable bonds is 7. The molecular formula is C25H38N4O3. The van der Waals surface area contributed by atoms with E-state index in [2.05, 4.69) is 24.5 Å². The molecular weight excluding hydrogens is 404 g/mol. The number of carbonyl (C=O) groups excluding carboxylic acids is 3. The van der Waals surface area contributed by atoms with Gasteiger partial charge in [0, 0.05) is 32.6 Å². The Morgan fingerprint density at radius 3 is 2.41 bits per heavy atom. The molecule has 4 amide bonds. The molecule has 2 atom stereocenters. The Balaban J connectivity index is 1.86. The zero-order valence-electron chi connectivity index (χ0n) is 19.7. The summed E-state index contributed by atoms with van der Waals surface area (Å²) in [6.07, 6.45) is 6.15. The molecule has 2 N–H and O–H groups in total. The minimum Gasteiger partial charge on any atom is -0.359 e. The number of nitrogens with zero attached hydrogens (tertiary/aromatic N) is 2. The van der Waals surface area contributed by atoms with Gasteiger partial charge in [0.1, 0.15) is 6.04 Å². The number of hydrogen-bond acceptors (Lipinski definition) is 3. The molecule has 1 saturated carbocycles. The maximum atomic E-state index is 13.6. The Bertz CT molecular complexity index is 777. The van der Waals surface area contributed by atoms with E-state index in [4.69, 9.17) is 0 Å². The Morgan fingerprint density at radius 2 is 1.78 bits per heavy atom. The summed E-state index contributed by atoms with van der Waals surface area (Å²) in [4.78, 5) is 42.9. The van der Waals surface area contributed by atoms with Gasteiger partial charge in [-0.05, 0) is 30.7 Å². The molecule has 1 aliphatic heterocycles. The number of amides is 4. The molecule has 1 aliphatic carbocycles. The van der Waals surface area contributed by atoms with Crippen LogP contribution in [0.15, 0.2) is 30.3 Å². The number of hydrogen-bond donors (Lipinski definition) is 2. The van der Waals surface area contributed by atoms with Gasteiger partial charge in [0.15, 0.2) is 0 Å². The summed E-state index contributed by atoms with van der Waals surface area (Å²) >= 11 is 0. The number of carbonyl (C=O) groups is 3. The molecule has 3 rings (SSSR count). The van der Waals surface area contributed by atoms with Crippen LogP contribution >= 0.6 is 0 Å². The highest BCUT2D eigenvalue weighted by atomic mass is 16.2. The van der Waals surface area contributed by atoms with Gasteiger partial charge in [0.2, 0.25) is 11.8 Å². The van der Waals surface area contributed by atoms with E-state index in [0.717, 1.165) is 31.2 Å². The number of nitrogens with one attached hydrogen (secondary N) is 2. The van der Waals surface area contributed by atoms with E-state index in [1.54, 1.807) is 11.9 Å². The molecule has 0 bridgehead atoms. The van der Waals surface area contributed by atoms with Gasteiger partial charge in [-0.25, -0.2) is 4.79 Å². The van der Waals surface area contributed by atoms with Crippen molar-refractivity contribution in [3.05, 3.63) is 35.9 Å². The van der Waals surface area contributed by atoms with Crippen LogP contribution in [-0.2, 0) is 16.1 Å². The number of piperazine rings is 1. The monoisotopic (exact) mass is 442 g/mol. The van der Waals surface area contributed by atoms with Gasteiger partial charge in [-0.1, -0.05) is 63.4 Å². The van der Waals surface area contributed by atoms with Crippen molar-refractivity contribution in [2.24, 2.45) is 5.92 Å². The summed E-state index contributed by atoms with van der Waals surface area (Å²) in [5, 5.41) is 5.87. The molecule has 176 valence electrons. The van der Waals surface area contributed by atoms with Gasteiger partial charge < -0.3 is 20.4 Å². The van der Waals surface area contributed by atoms with Crippen LogP contribution in [-0.4, -0.2) is 59.4 Å². The molecule has 0 radical (unpaired) electrons. The number of benzene rings is 1. The molecule has 0 unspecified atom stereocenters. The zero-order chi connectivity index (χ0) is 23.1. The first-order valence-electron chi connectivity index (χ1n) is 12.0. The van der Waals surface area contributed by atoms with Crippen molar-refractivity contribution in [3.63, 3.8) is 0 Å². The van der Waals surface area contributed by atoms with Crippen molar-refractivity contribution in [1.82, 2.24) is 20.4 Å². The number of urea groups is 1. The first kappa shape index (κ1) is 24.1. The minimum absolute atomic E-state index is 0.0329. The minimum atomic E-state index is -0.564. The molecule has 1 aromatic rings. The van der Waals surface area contributed by atoms with Crippen LogP contribution in [0.1, 0.15) is 64.4 Å².